The topological polar surface area (TPSA) is 21.3 Å². The van der Waals surface area contributed by atoms with Gasteiger partial charge in [0.1, 0.15) is 5.75 Å². The molecule has 1 aromatic carbocycles. The van der Waals surface area contributed by atoms with E-state index in [1.807, 2.05) is 6.92 Å². The molecule has 2 atom stereocenters. The summed E-state index contributed by atoms with van der Waals surface area (Å²) in [4.78, 5) is 0. The molecule has 1 aliphatic heterocycles. The van der Waals surface area contributed by atoms with Gasteiger partial charge in [-0.2, -0.15) is 0 Å². The van der Waals surface area contributed by atoms with E-state index >= 15 is 0 Å². The van der Waals surface area contributed by atoms with E-state index in [0.717, 1.165) is 30.7 Å². The van der Waals surface area contributed by atoms with Gasteiger partial charge in [0.15, 0.2) is 0 Å². The Bertz CT molecular complexity index is 345. The van der Waals surface area contributed by atoms with Gasteiger partial charge in [-0.1, -0.05) is 25.5 Å². The number of ether oxygens (including phenoxy) is 1. The standard InChI is InChI=1S/C16H25NO/c1-3-5-14-12-17-11-10-16(14)13-6-8-15(9-7-13)18-4-2/h6-9,14,16-17H,3-5,10-12H2,1-2H3. The van der Waals surface area contributed by atoms with Crippen LogP contribution >= 0.6 is 0 Å². The monoisotopic (exact) mass is 247 g/mol. The molecule has 0 spiro atoms. The molecule has 1 aliphatic rings. The fourth-order valence-corrected chi connectivity index (χ4v) is 3.01. The zero-order chi connectivity index (χ0) is 12.8. The van der Waals surface area contributed by atoms with Crippen LogP contribution in [0.4, 0.5) is 0 Å². The molecule has 0 bridgehead atoms. The van der Waals surface area contributed by atoms with Crippen LogP contribution in [-0.2, 0) is 0 Å². The molecule has 1 fully saturated rings. The Labute approximate surface area is 111 Å². The quantitative estimate of drug-likeness (QED) is 0.858. The van der Waals surface area contributed by atoms with Crippen LogP contribution in [0.2, 0.25) is 0 Å². The Morgan fingerprint density at radius 3 is 2.67 bits per heavy atom. The highest BCUT2D eigenvalue weighted by atomic mass is 16.5. The van der Waals surface area contributed by atoms with E-state index < -0.39 is 0 Å². The average Bonchev–Trinajstić information content (AvgIpc) is 2.41. The van der Waals surface area contributed by atoms with Gasteiger partial charge in [-0.05, 0) is 62.4 Å². The van der Waals surface area contributed by atoms with Crippen molar-refractivity contribution in [3.63, 3.8) is 0 Å². The molecule has 100 valence electrons. The lowest BCUT2D eigenvalue weighted by molar-refractivity contribution is 0.306. The van der Waals surface area contributed by atoms with Crippen LogP contribution in [0.25, 0.3) is 0 Å². The third-order valence-electron chi connectivity index (χ3n) is 3.89. The Morgan fingerprint density at radius 2 is 2.00 bits per heavy atom. The van der Waals surface area contributed by atoms with Gasteiger partial charge in [-0.3, -0.25) is 0 Å². The van der Waals surface area contributed by atoms with Crippen LogP contribution < -0.4 is 10.1 Å². The van der Waals surface area contributed by atoms with E-state index in [2.05, 4.69) is 36.5 Å². The molecule has 1 heterocycles. The van der Waals surface area contributed by atoms with Gasteiger partial charge in [0.05, 0.1) is 6.61 Å². The lowest BCUT2D eigenvalue weighted by Gasteiger charge is -2.32. The maximum absolute atomic E-state index is 5.51. The Hall–Kier alpha value is -1.02. The number of hydrogen-bond donors (Lipinski definition) is 1. The van der Waals surface area contributed by atoms with Crippen molar-refractivity contribution in [3.05, 3.63) is 29.8 Å². The Balaban J connectivity index is 2.07. The lowest BCUT2D eigenvalue weighted by Crippen LogP contribution is -2.35. The summed E-state index contributed by atoms with van der Waals surface area (Å²) in [6, 6.07) is 8.74. The molecule has 2 rings (SSSR count). The minimum Gasteiger partial charge on any atom is -0.494 e. The fraction of sp³-hybridized carbons (Fsp3) is 0.625. The van der Waals surface area contributed by atoms with E-state index in [4.69, 9.17) is 4.74 Å². The minimum atomic E-state index is 0.724. The maximum Gasteiger partial charge on any atom is 0.119 e. The van der Waals surface area contributed by atoms with E-state index in [1.54, 1.807) is 0 Å². The molecule has 1 N–H and O–H groups in total. The number of hydrogen-bond acceptors (Lipinski definition) is 2. The van der Waals surface area contributed by atoms with Gasteiger partial charge in [0.25, 0.3) is 0 Å². The van der Waals surface area contributed by atoms with Crippen molar-refractivity contribution in [2.45, 2.75) is 39.0 Å². The zero-order valence-corrected chi connectivity index (χ0v) is 11.6. The van der Waals surface area contributed by atoms with Gasteiger partial charge in [-0.25, -0.2) is 0 Å². The highest BCUT2D eigenvalue weighted by Gasteiger charge is 2.25. The van der Waals surface area contributed by atoms with Crippen molar-refractivity contribution in [1.29, 1.82) is 0 Å². The number of benzene rings is 1. The minimum absolute atomic E-state index is 0.724. The smallest absolute Gasteiger partial charge is 0.119 e. The van der Waals surface area contributed by atoms with Crippen LogP contribution in [0.1, 0.15) is 44.6 Å². The van der Waals surface area contributed by atoms with E-state index in [-0.39, 0.29) is 0 Å². The summed E-state index contributed by atoms with van der Waals surface area (Å²) in [5.41, 5.74) is 1.48. The van der Waals surface area contributed by atoms with Crippen LogP contribution in [0, 0.1) is 5.92 Å². The van der Waals surface area contributed by atoms with E-state index in [1.165, 1.54) is 31.4 Å². The Morgan fingerprint density at radius 1 is 1.22 bits per heavy atom. The second-order valence-corrected chi connectivity index (χ2v) is 5.15. The highest BCUT2D eigenvalue weighted by molar-refractivity contribution is 5.30. The predicted molar refractivity (Wildman–Crippen MR) is 76.2 cm³/mol. The van der Waals surface area contributed by atoms with Gasteiger partial charge in [0.2, 0.25) is 0 Å². The lowest BCUT2D eigenvalue weighted by atomic mass is 9.79. The SMILES string of the molecule is CCCC1CNCCC1c1ccc(OCC)cc1. The maximum atomic E-state index is 5.51. The molecule has 2 nitrogen and oxygen atoms in total. The first-order valence-electron chi connectivity index (χ1n) is 7.28. The largest absolute Gasteiger partial charge is 0.494 e. The first kappa shape index (κ1) is 13.4. The average molecular weight is 247 g/mol. The van der Waals surface area contributed by atoms with Crippen LogP contribution in [0.15, 0.2) is 24.3 Å². The second-order valence-electron chi connectivity index (χ2n) is 5.15. The first-order chi connectivity index (χ1) is 8.85. The number of nitrogens with one attached hydrogen (secondary N) is 1. The molecular weight excluding hydrogens is 222 g/mol. The molecule has 2 unspecified atom stereocenters. The summed E-state index contributed by atoms with van der Waals surface area (Å²) in [5.74, 6) is 2.51. The first-order valence-corrected chi connectivity index (χ1v) is 7.28. The van der Waals surface area contributed by atoms with Gasteiger partial charge < -0.3 is 10.1 Å². The molecule has 0 radical (unpaired) electrons. The molecule has 0 saturated carbocycles. The van der Waals surface area contributed by atoms with Gasteiger partial charge in [-0.15, -0.1) is 0 Å². The fourth-order valence-electron chi connectivity index (χ4n) is 3.01. The molecular formula is C16H25NO. The third kappa shape index (κ3) is 3.26. The zero-order valence-electron chi connectivity index (χ0n) is 11.6. The summed E-state index contributed by atoms with van der Waals surface area (Å²) in [6.07, 6.45) is 3.86. The van der Waals surface area contributed by atoms with E-state index in [0.29, 0.717) is 0 Å². The summed E-state index contributed by atoms with van der Waals surface area (Å²) in [6.45, 7) is 7.37. The van der Waals surface area contributed by atoms with Crippen LogP contribution in [0.3, 0.4) is 0 Å². The Kier molecular flexibility index (Phi) is 5.06. The molecule has 0 aromatic heterocycles. The second kappa shape index (κ2) is 6.79. The van der Waals surface area contributed by atoms with Crippen molar-refractivity contribution < 1.29 is 4.74 Å². The summed E-state index contributed by atoms with van der Waals surface area (Å²) in [5, 5.41) is 3.53. The van der Waals surface area contributed by atoms with Gasteiger partial charge in [0, 0.05) is 0 Å². The molecule has 1 aromatic rings. The normalized spacial score (nSPS) is 23.9. The van der Waals surface area contributed by atoms with Crippen molar-refractivity contribution in [2.75, 3.05) is 19.7 Å². The molecule has 0 amide bonds. The van der Waals surface area contributed by atoms with Gasteiger partial charge >= 0.3 is 0 Å². The van der Waals surface area contributed by atoms with Crippen molar-refractivity contribution in [2.24, 2.45) is 5.92 Å². The number of rotatable bonds is 5. The van der Waals surface area contributed by atoms with Crippen molar-refractivity contribution >= 4 is 0 Å². The molecule has 1 saturated heterocycles. The summed E-state index contributed by atoms with van der Waals surface area (Å²) < 4.78 is 5.51. The van der Waals surface area contributed by atoms with E-state index in [9.17, 15) is 0 Å². The summed E-state index contributed by atoms with van der Waals surface area (Å²) >= 11 is 0. The third-order valence-corrected chi connectivity index (χ3v) is 3.89. The molecule has 2 heteroatoms. The number of piperidine rings is 1. The van der Waals surface area contributed by atoms with Crippen molar-refractivity contribution in [3.8, 4) is 5.75 Å². The predicted octanol–water partition coefficient (Wildman–Crippen LogP) is 3.58. The summed E-state index contributed by atoms with van der Waals surface area (Å²) in [7, 11) is 0. The molecule has 0 aliphatic carbocycles. The van der Waals surface area contributed by atoms with Crippen LogP contribution in [0.5, 0.6) is 5.75 Å². The van der Waals surface area contributed by atoms with Crippen molar-refractivity contribution in [1.82, 2.24) is 5.32 Å². The highest BCUT2D eigenvalue weighted by Crippen LogP contribution is 2.33. The van der Waals surface area contributed by atoms with Crippen LogP contribution in [-0.4, -0.2) is 19.7 Å². The molecule has 18 heavy (non-hydrogen) atoms.